The highest BCUT2D eigenvalue weighted by Crippen LogP contribution is 2.32. The van der Waals surface area contributed by atoms with Crippen LogP contribution in [0.5, 0.6) is 0 Å². The molecule has 0 spiro atoms. The molecule has 2 aromatic carbocycles. The van der Waals surface area contributed by atoms with E-state index in [1.807, 2.05) is 36.4 Å². The van der Waals surface area contributed by atoms with Gasteiger partial charge in [-0.2, -0.15) is 0 Å². The van der Waals surface area contributed by atoms with Crippen molar-refractivity contribution in [3.63, 3.8) is 0 Å². The average molecular weight is 466 g/mol. The maximum atomic E-state index is 13.3. The predicted molar refractivity (Wildman–Crippen MR) is 128 cm³/mol. The molecule has 32 heavy (non-hydrogen) atoms. The lowest BCUT2D eigenvalue weighted by molar-refractivity contribution is -0.116. The van der Waals surface area contributed by atoms with Crippen LogP contribution in [0.2, 0.25) is 0 Å². The third-order valence-electron chi connectivity index (χ3n) is 5.02. The zero-order chi connectivity index (χ0) is 22.6. The third-order valence-corrected chi connectivity index (χ3v) is 7.53. The van der Waals surface area contributed by atoms with Crippen molar-refractivity contribution in [2.45, 2.75) is 25.6 Å². The van der Waals surface area contributed by atoms with Crippen LogP contribution in [0.15, 0.2) is 72.9 Å². The molecule has 0 radical (unpaired) electrons. The second-order valence-electron chi connectivity index (χ2n) is 7.43. The zero-order valence-corrected chi connectivity index (χ0v) is 19.3. The van der Waals surface area contributed by atoms with Gasteiger partial charge in [-0.05, 0) is 35.7 Å². The van der Waals surface area contributed by atoms with E-state index in [0.717, 1.165) is 22.2 Å². The number of para-hydroxylation sites is 1. The fourth-order valence-corrected chi connectivity index (χ4v) is 5.82. The Morgan fingerprint density at radius 3 is 2.50 bits per heavy atom. The Balaban J connectivity index is 1.65. The summed E-state index contributed by atoms with van der Waals surface area (Å²) >= 11 is 1.38. The first kappa shape index (κ1) is 22.1. The molecule has 8 heteroatoms. The SMILES string of the molecule is CCc1cccc2sc(N(Cc3ccccn3)C(=O)CS(=O)(=O)Cc3ccccc3)nc12. The summed E-state index contributed by atoms with van der Waals surface area (Å²) in [6, 6.07) is 20.3. The average Bonchev–Trinajstić information content (AvgIpc) is 3.22. The summed E-state index contributed by atoms with van der Waals surface area (Å²) in [6.07, 6.45) is 2.47. The molecule has 0 N–H and O–H groups in total. The molecule has 0 saturated carbocycles. The number of rotatable bonds is 8. The van der Waals surface area contributed by atoms with Crippen LogP contribution in [-0.2, 0) is 33.4 Å². The van der Waals surface area contributed by atoms with E-state index >= 15 is 0 Å². The highest BCUT2D eigenvalue weighted by Gasteiger charge is 2.26. The van der Waals surface area contributed by atoms with E-state index in [2.05, 4.69) is 11.9 Å². The van der Waals surface area contributed by atoms with E-state index in [1.165, 1.54) is 16.2 Å². The molecule has 4 aromatic rings. The maximum Gasteiger partial charge on any atom is 0.244 e. The van der Waals surface area contributed by atoms with E-state index in [4.69, 9.17) is 4.98 Å². The molecule has 0 unspecified atom stereocenters. The summed E-state index contributed by atoms with van der Waals surface area (Å²) in [5, 5.41) is 0.478. The Morgan fingerprint density at radius 2 is 1.78 bits per heavy atom. The topological polar surface area (TPSA) is 80.2 Å². The molecule has 4 rings (SSSR count). The second kappa shape index (κ2) is 9.58. The second-order valence-corrected chi connectivity index (χ2v) is 10.5. The predicted octanol–water partition coefficient (Wildman–Crippen LogP) is 4.40. The minimum Gasteiger partial charge on any atom is -0.281 e. The van der Waals surface area contributed by atoms with Crippen LogP contribution < -0.4 is 4.90 Å². The first-order chi connectivity index (χ1) is 15.4. The number of sulfone groups is 1. The van der Waals surface area contributed by atoms with E-state index < -0.39 is 21.5 Å². The number of aromatic nitrogens is 2. The van der Waals surface area contributed by atoms with Gasteiger partial charge in [-0.1, -0.05) is 66.8 Å². The zero-order valence-electron chi connectivity index (χ0n) is 17.6. The number of fused-ring (bicyclic) bond motifs is 1. The van der Waals surface area contributed by atoms with Crippen molar-refractivity contribution in [3.8, 4) is 0 Å². The van der Waals surface area contributed by atoms with Crippen LogP contribution in [0.1, 0.15) is 23.7 Å². The maximum absolute atomic E-state index is 13.3. The van der Waals surface area contributed by atoms with Gasteiger partial charge >= 0.3 is 0 Å². The van der Waals surface area contributed by atoms with Crippen molar-refractivity contribution < 1.29 is 13.2 Å². The van der Waals surface area contributed by atoms with Crippen LogP contribution in [0.25, 0.3) is 10.2 Å². The number of benzene rings is 2. The lowest BCUT2D eigenvalue weighted by atomic mass is 10.1. The highest BCUT2D eigenvalue weighted by molar-refractivity contribution is 7.91. The Hall–Kier alpha value is -3.10. The Kier molecular flexibility index (Phi) is 6.62. The van der Waals surface area contributed by atoms with E-state index in [9.17, 15) is 13.2 Å². The molecule has 0 fully saturated rings. The van der Waals surface area contributed by atoms with Gasteiger partial charge in [0.2, 0.25) is 5.91 Å². The van der Waals surface area contributed by atoms with Gasteiger partial charge < -0.3 is 0 Å². The van der Waals surface area contributed by atoms with Crippen molar-refractivity contribution >= 4 is 42.4 Å². The number of hydrogen-bond donors (Lipinski definition) is 0. The molecule has 0 aliphatic carbocycles. The van der Waals surface area contributed by atoms with Crippen molar-refractivity contribution in [3.05, 3.63) is 89.7 Å². The van der Waals surface area contributed by atoms with E-state index in [-0.39, 0.29) is 12.3 Å². The molecule has 1 amide bonds. The molecule has 0 aliphatic rings. The smallest absolute Gasteiger partial charge is 0.244 e. The summed E-state index contributed by atoms with van der Waals surface area (Å²) in [7, 11) is -3.66. The van der Waals surface area contributed by atoms with Gasteiger partial charge in [0.05, 0.1) is 28.2 Å². The first-order valence-electron chi connectivity index (χ1n) is 10.3. The largest absolute Gasteiger partial charge is 0.281 e. The van der Waals surface area contributed by atoms with Gasteiger partial charge in [0.25, 0.3) is 0 Å². The number of carbonyl (C=O) groups is 1. The van der Waals surface area contributed by atoms with Crippen LogP contribution in [0.3, 0.4) is 0 Å². The summed E-state index contributed by atoms with van der Waals surface area (Å²) < 4.78 is 26.5. The Labute approximate surface area is 191 Å². The standard InChI is InChI=1S/C24H23N3O3S2/c1-2-19-11-8-13-21-23(19)26-24(31-21)27(15-20-12-6-7-14-25-20)22(28)17-32(29,30)16-18-9-4-3-5-10-18/h3-14H,2,15-17H2,1H3. The number of carbonyl (C=O) groups excluding carboxylic acids is 1. The number of anilines is 1. The number of aryl methyl sites for hydroxylation is 1. The summed E-state index contributed by atoms with van der Waals surface area (Å²) in [6.45, 7) is 2.21. The van der Waals surface area contributed by atoms with Gasteiger partial charge in [0.15, 0.2) is 15.0 Å². The molecule has 2 heterocycles. The van der Waals surface area contributed by atoms with Crippen LogP contribution in [-0.4, -0.2) is 30.0 Å². The molecule has 0 bridgehead atoms. The molecule has 2 aromatic heterocycles. The lowest BCUT2D eigenvalue weighted by Gasteiger charge is -2.19. The van der Waals surface area contributed by atoms with E-state index in [0.29, 0.717) is 16.4 Å². The fourth-order valence-electron chi connectivity index (χ4n) is 3.46. The summed E-state index contributed by atoms with van der Waals surface area (Å²) in [5.74, 6) is -1.29. The summed E-state index contributed by atoms with van der Waals surface area (Å²) in [4.78, 5) is 23.7. The third kappa shape index (κ3) is 5.20. The number of amides is 1. The quantitative estimate of drug-likeness (QED) is 0.385. The van der Waals surface area contributed by atoms with Gasteiger partial charge in [0, 0.05) is 6.20 Å². The number of nitrogens with zero attached hydrogens (tertiary/aromatic N) is 3. The molecule has 0 aliphatic heterocycles. The normalized spacial score (nSPS) is 11.5. The Morgan fingerprint density at radius 1 is 1.00 bits per heavy atom. The molecule has 0 atom stereocenters. The molecule has 6 nitrogen and oxygen atoms in total. The molecular formula is C24H23N3O3S2. The van der Waals surface area contributed by atoms with Crippen molar-refractivity contribution in [2.24, 2.45) is 0 Å². The summed E-state index contributed by atoms with van der Waals surface area (Å²) in [5.41, 5.74) is 3.26. The van der Waals surface area contributed by atoms with Crippen LogP contribution >= 0.6 is 11.3 Å². The number of pyridine rings is 1. The first-order valence-corrected chi connectivity index (χ1v) is 12.9. The molecule has 0 saturated heterocycles. The number of thiazole rings is 1. The molecule has 164 valence electrons. The lowest BCUT2D eigenvalue weighted by Crippen LogP contribution is -2.36. The minimum atomic E-state index is -3.66. The van der Waals surface area contributed by atoms with Crippen molar-refractivity contribution in [1.29, 1.82) is 0 Å². The number of hydrogen-bond acceptors (Lipinski definition) is 6. The van der Waals surface area contributed by atoms with Crippen molar-refractivity contribution in [1.82, 2.24) is 9.97 Å². The van der Waals surface area contributed by atoms with Gasteiger partial charge in [-0.15, -0.1) is 0 Å². The van der Waals surface area contributed by atoms with Crippen LogP contribution in [0, 0.1) is 0 Å². The van der Waals surface area contributed by atoms with Gasteiger partial charge in [-0.25, -0.2) is 13.4 Å². The van der Waals surface area contributed by atoms with Gasteiger partial charge in [0.1, 0.15) is 5.75 Å². The van der Waals surface area contributed by atoms with E-state index in [1.54, 1.807) is 36.5 Å². The fraction of sp³-hybridized carbons (Fsp3) is 0.208. The minimum absolute atomic E-state index is 0.155. The van der Waals surface area contributed by atoms with Gasteiger partial charge in [-0.3, -0.25) is 14.7 Å². The van der Waals surface area contributed by atoms with Crippen molar-refractivity contribution in [2.75, 3.05) is 10.7 Å². The molecular weight excluding hydrogens is 442 g/mol. The van der Waals surface area contributed by atoms with Crippen LogP contribution in [0.4, 0.5) is 5.13 Å². The highest BCUT2D eigenvalue weighted by atomic mass is 32.2. The monoisotopic (exact) mass is 465 g/mol. The Bertz CT molecular complexity index is 1320.